The number of aromatic nitrogens is 4. The van der Waals surface area contributed by atoms with Crippen LogP contribution >= 0.6 is 0 Å². The van der Waals surface area contributed by atoms with Crippen LogP contribution in [0, 0.1) is 0 Å². The number of para-hydroxylation sites is 7. The Kier molecular flexibility index (Phi) is 7.78. The van der Waals surface area contributed by atoms with Crippen LogP contribution in [0.5, 0.6) is 0 Å². The topological polar surface area (TPSA) is 30.9 Å². The summed E-state index contributed by atoms with van der Waals surface area (Å²) in [6.45, 7) is 0. The van der Waals surface area contributed by atoms with Crippen molar-refractivity contribution in [3.8, 4) is 28.5 Å². The molecule has 3 heterocycles. The lowest BCUT2D eigenvalue weighted by atomic mass is 10.1. The number of hydrogen-bond donors (Lipinski definition) is 0. The average molecular weight is 768 g/mol. The lowest BCUT2D eigenvalue weighted by Crippen LogP contribution is -2.09. The summed E-state index contributed by atoms with van der Waals surface area (Å²) in [5.41, 5.74) is 13.9. The fourth-order valence-electron chi connectivity index (χ4n) is 9.26. The van der Waals surface area contributed by atoms with Crippen molar-refractivity contribution < 1.29 is 0 Å². The Morgan fingerprint density at radius 3 is 1.18 bits per heavy atom. The maximum atomic E-state index is 5.77. The van der Waals surface area contributed by atoms with E-state index in [1.54, 1.807) is 0 Å². The number of anilines is 3. The second-order valence-corrected chi connectivity index (χ2v) is 15.2. The zero-order valence-corrected chi connectivity index (χ0v) is 32.6. The van der Waals surface area contributed by atoms with Crippen molar-refractivity contribution in [1.29, 1.82) is 0 Å². The largest absolute Gasteiger partial charge is 0.311 e. The highest BCUT2D eigenvalue weighted by atomic mass is 15.2. The molecule has 12 rings (SSSR count). The molecule has 282 valence electrons. The van der Waals surface area contributed by atoms with E-state index in [0.717, 1.165) is 78.6 Å². The van der Waals surface area contributed by atoms with Crippen molar-refractivity contribution in [1.82, 2.24) is 18.7 Å². The zero-order chi connectivity index (χ0) is 39.6. The smallest absolute Gasteiger partial charge is 0.145 e. The maximum Gasteiger partial charge on any atom is 0.145 e. The van der Waals surface area contributed by atoms with Gasteiger partial charge in [-0.1, -0.05) is 127 Å². The number of fused-ring (bicyclic) bond motifs is 7. The van der Waals surface area contributed by atoms with Crippen LogP contribution in [0.4, 0.5) is 17.1 Å². The van der Waals surface area contributed by atoms with E-state index in [-0.39, 0.29) is 0 Å². The molecule has 0 bridgehead atoms. The number of imidazole rings is 1. The molecule has 0 fully saturated rings. The summed E-state index contributed by atoms with van der Waals surface area (Å²) >= 11 is 0. The van der Waals surface area contributed by atoms with E-state index in [1.807, 2.05) is 0 Å². The summed E-state index contributed by atoms with van der Waals surface area (Å²) < 4.78 is 7.19. The summed E-state index contributed by atoms with van der Waals surface area (Å²) in [7, 11) is 0. The van der Waals surface area contributed by atoms with Gasteiger partial charge in [-0.25, -0.2) is 4.98 Å². The molecule has 0 unspecified atom stereocenters. The van der Waals surface area contributed by atoms with E-state index in [2.05, 4.69) is 243 Å². The van der Waals surface area contributed by atoms with Crippen LogP contribution in [0.1, 0.15) is 0 Å². The number of nitrogens with zero attached hydrogens (tertiary/aromatic N) is 5. The third-order valence-electron chi connectivity index (χ3n) is 11.8. The quantitative estimate of drug-likeness (QED) is 0.162. The van der Waals surface area contributed by atoms with Crippen LogP contribution in [-0.2, 0) is 0 Å². The van der Waals surface area contributed by atoms with Crippen molar-refractivity contribution >= 4 is 71.7 Å². The molecule has 0 aliphatic rings. The molecule has 0 aliphatic heterocycles. The molecule has 0 amide bonds. The second kappa shape index (κ2) is 13.8. The van der Waals surface area contributed by atoms with Crippen LogP contribution in [0.15, 0.2) is 224 Å². The van der Waals surface area contributed by atoms with Crippen LogP contribution in [-0.4, -0.2) is 18.7 Å². The van der Waals surface area contributed by atoms with Gasteiger partial charge in [0.2, 0.25) is 0 Å². The molecule has 0 saturated heterocycles. The van der Waals surface area contributed by atoms with Gasteiger partial charge in [-0.3, -0.25) is 4.57 Å². The molecule has 0 atom stereocenters. The third kappa shape index (κ3) is 5.23. The summed E-state index contributed by atoms with van der Waals surface area (Å²) in [6.07, 6.45) is 0. The Labute approximate surface area is 346 Å². The summed E-state index contributed by atoms with van der Waals surface area (Å²) in [4.78, 5) is 8.06. The Morgan fingerprint density at radius 1 is 0.317 bits per heavy atom. The van der Waals surface area contributed by atoms with Crippen molar-refractivity contribution in [2.45, 2.75) is 0 Å². The normalized spacial score (nSPS) is 11.7. The van der Waals surface area contributed by atoms with Crippen molar-refractivity contribution in [3.05, 3.63) is 224 Å². The number of benzene rings is 9. The molecule has 5 heteroatoms. The molecule has 0 N–H and O–H groups in total. The molecule has 0 saturated carbocycles. The van der Waals surface area contributed by atoms with Crippen molar-refractivity contribution in [2.75, 3.05) is 4.90 Å². The van der Waals surface area contributed by atoms with Crippen LogP contribution in [0.2, 0.25) is 0 Å². The van der Waals surface area contributed by atoms with Gasteiger partial charge in [-0.2, -0.15) is 0 Å². The van der Waals surface area contributed by atoms with Gasteiger partial charge < -0.3 is 14.0 Å². The number of rotatable bonds is 7. The molecule has 5 nitrogen and oxygen atoms in total. The second-order valence-electron chi connectivity index (χ2n) is 15.2. The SMILES string of the molecule is c1ccc(N(c2ccccc2)c2ccc(-c3nc4c(-n5c6ccccc6c6ccccc65)ccc(-n5c6ccccc6c6ccccc65)c4n3-c3ccccc3)cc2)cc1. The third-order valence-corrected chi connectivity index (χ3v) is 11.8. The molecule has 0 radical (unpaired) electrons. The maximum absolute atomic E-state index is 5.77. The highest BCUT2D eigenvalue weighted by molar-refractivity contribution is 6.13. The molecule has 0 aliphatic carbocycles. The Balaban J connectivity index is 1.18. The zero-order valence-electron chi connectivity index (χ0n) is 32.6. The monoisotopic (exact) mass is 767 g/mol. The van der Waals surface area contributed by atoms with E-state index in [1.165, 1.54) is 21.5 Å². The van der Waals surface area contributed by atoms with Gasteiger partial charge in [0, 0.05) is 49.9 Å². The fourth-order valence-corrected chi connectivity index (χ4v) is 9.26. The van der Waals surface area contributed by atoms with Crippen molar-refractivity contribution in [2.24, 2.45) is 0 Å². The first kappa shape index (κ1) is 33.9. The van der Waals surface area contributed by atoms with Gasteiger partial charge in [0.25, 0.3) is 0 Å². The molecule has 0 spiro atoms. The van der Waals surface area contributed by atoms with Gasteiger partial charge in [-0.05, 0) is 97.1 Å². The minimum Gasteiger partial charge on any atom is -0.311 e. The Hall–Kier alpha value is -8.15. The first-order chi connectivity index (χ1) is 29.8. The summed E-state index contributed by atoms with van der Waals surface area (Å²) in [5.74, 6) is 0.865. The average Bonchev–Trinajstić information content (AvgIpc) is 3.99. The van der Waals surface area contributed by atoms with Crippen molar-refractivity contribution in [3.63, 3.8) is 0 Å². The molecule has 9 aromatic carbocycles. The molecule has 3 aromatic heterocycles. The summed E-state index contributed by atoms with van der Waals surface area (Å²) in [6, 6.07) is 80.1. The van der Waals surface area contributed by atoms with Gasteiger partial charge in [0.1, 0.15) is 11.3 Å². The minimum absolute atomic E-state index is 0.865. The van der Waals surface area contributed by atoms with Crippen LogP contribution in [0.25, 0.3) is 83.1 Å². The fraction of sp³-hybridized carbons (Fsp3) is 0. The van der Waals surface area contributed by atoms with Gasteiger partial charge in [0.15, 0.2) is 0 Å². The van der Waals surface area contributed by atoms with E-state index < -0.39 is 0 Å². The molecule has 12 aromatic rings. The van der Waals surface area contributed by atoms with Gasteiger partial charge in [0.05, 0.1) is 39.0 Å². The van der Waals surface area contributed by atoms with E-state index in [4.69, 9.17) is 4.98 Å². The lowest BCUT2D eigenvalue weighted by molar-refractivity contribution is 1.08. The molecular formula is C55H37N5. The molecular weight excluding hydrogens is 731 g/mol. The first-order valence-corrected chi connectivity index (χ1v) is 20.4. The van der Waals surface area contributed by atoms with E-state index in [9.17, 15) is 0 Å². The lowest BCUT2D eigenvalue weighted by Gasteiger charge is -2.25. The highest BCUT2D eigenvalue weighted by Gasteiger charge is 2.25. The van der Waals surface area contributed by atoms with Gasteiger partial charge in [-0.15, -0.1) is 0 Å². The van der Waals surface area contributed by atoms with Crippen LogP contribution in [0.3, 0.4) is 0 Å². The predicted molar refractivity (Wildman–Crippen MR) is 250 cm³/mol. The predicted octanol–water partition coefficient (Wildman–Crippen LogP) is 14.4. The van der Waals surface area contributed by atoms with Crippen LogP contribution < -0.4 is 4.90 Å². The number of hydrogen-bond acceptors (Lipinski definition) is 2. The highest BCUT2D eigenvalue weighted by Crippen LogP contribution is 2.43. The van der Waals surface area contributed by atoms with E-state index in [0.29, 0.717) is 0 Å². The van der Waals surface area contributed by atoms with E-state index >= 15 is 0 Å². The standard InChI is InChI=1S/C55H37N5/c1-4-18-39(19-5-1)57(40-20-6-2-7-21-40)42-34-32-38(33-35-42)55-56-53-51(59-47-28-14-10-24-43(47)44-25-11-15-29-48(44)59)36-37-52(54(53)58(55)41-22-8-3-9-23-41)60-49-30-16-12-26-45(49)46-27-13-17-31-50(46)60/h1-37H. The Bertz CT molecular complexity index is 3380. The minimum atomic E-state index is 0.865. The van der Waals surface area contributed by atoms with Gasteiger partial charge >= 0.3 is 0 Å². The first-order valence-electron chi connectivity index (χ1n) is 20.4. The summed E-state index contributed by atoms with van der Waals surface area (Å²) in [5, 5.41) is 4.87. The molecule has 60 heavy (non-hydrogen) atoms. The Morgan fingerprint density at radius 2 is 0.700 bits per heavy atom.